The molecule has 0 aromatic heterocycles. The van der Waals surface area contributed by atoms with Crippen molar-refractivity contribution in [2.75, 3.05) is 18.8 Å². The number of Topliss-reactive ketones (excluding diaryl/α,β-unsaturated/α-hetero) is 1. The number of carbonyl (C=O) groups is 6. The Hall–Kier alpha value is -3.89. The van der Waals surface area contributed by atoms with Crippen LogP contribution < -0.4 is 11.1 Å². The lowest BCUT2D eigenvalue weighted by molar-refractivity contribution is -0.141. The second-order valence-electron chi connectivity index (χ2n) is 9.89. The summed E-state index contributed by atoms with van der Waals surface area (Å²) in [4.78, 5) is 71.9. The van der Waals surface area contributed by atoms with Gasteiger partial charge in [-0.1, -0.05) is 11.8 Å². The number of ketones is 1. The molecule has 0 aromatic rings. The van der Waals surface area contributed by atoms with Gasteiger partial charge in [-0.2, -0.15) is 0 Å². The summed E-state index contributed by atoms with van der Waals surface area (Å²) >= 11 is 1.04. The molecule has 2 aliphatic heterocycles. The van der Waals surface area contributed by atoms with Crippen LogP contribution >= 0.6 is 11.8 Å². The maximum atomic E-state index is 12.5. The highest BCUT2D eigenvalue weighted by Gasteiger charge is 2.46. The zero-order valence-electron chi connectivity index (χ0n) is 23.3. The van der Waals surface area contributed by atoms with E-state index in [4.69, 9.17) is 28.8 Å². The van der Waals surface area contributed by atoms with Crippen LogP contribution in [0.25, 0.3) is 0 Å². The number of carbonyl (C=O) groups excluding carboxylic acids is 4. The first kappa shape index (κ1) is 36.1. The first-order valence-corrected chi connectivity index (χ1v) is 13.8. The van der Waals surface area contributed by atoms with Gasteiger partial charge in [-0.25, -0.2) is 0 Å². The number of nitrogens with two attached hydrogens (primary N) is 1. The number of aliphatic hydroxyl groups is 2. The van der Waals surface area contributed by atoms with Crippen LogP contribution in [0, 0.1) is 24.7 Å². The molecule has 5 atom stereocenters. The molecule has 2 aliphatic rings. The smallest absolute Gasteiger partial charge is 0.320 e. The van der Waals surface area contributed by atoms with Crippen molar-refractivity contribution in [1.82, 2.24) is 15.1 Å². The summed E-state index contributed by atoms with van der Waals surface area (Å²) in [5.41, 5.74) is 2.71. The third-order valence-electron chi connectivity index (χ3n) is 6.32. The molecule has 42 heavy (non-hydrogen) atoms. The minimum Gasteiger partial charge on any atom is -0.481 e. The topological polar surface area (TPSA) is 228 Å². The monoisotopic (exact) mass is 608 g/mol. The molecule has 15 heteroatoms. The molecule has 2 rings (SSSR count). The number of nitrogens with zero attached hydrogens (tertiary/aromatic N) is 2. The fourth-order valence-corrected chi connectivity index (χ4v) is 5.30. The number of nitrogens with one attached hydrogen (secondary N) is 1. The minimum absolute atomic E-state index is 0.0362. The molecule has 7 N–H and O–H groups in total. The SMILES string of the molecule is C#CCN1C(=O)C(SC[C@H](NC(=O)CC[C@H](N)C(=O)O)C(=O)CCC(=O)O)CC1(C)O.C#CCN1C(=O)C=CC1(C)O. The summed E-state index contributed by atoms with van der Waals surface area (Å²) in [6.07, 6.45) is 11.9. The Labute approximate surface area is 247 Å². The van der Waals surface area contributed by atoms with Gasteiger partial charge in [0, 0.05) is 31.1 Å². The number of carboxylic acid groups (broad SMARTS) is 2. The van der Waals surface area contributed by atoms with Crippen molar-refractivity contribution in [2.24, 2.45) is 5.73 Å². The lowest BCUT2D eigenvalue weighted by Crippen LogP contribution is -2.44. The molecule has 14 nitrogen and oxygen atoms in total. The van der Waals surface area contributed by atoms with E-state index >= 15 is 0 Å². The number of likely N-dealkylation sites (tertiary alicyclic amines) is 1. The molecule has 0 radical (unpaired) electrons. The van der Waals surface area contributed by atoms with Gasteiger partial charge in [0.1, 0.15) is 11.8 Å². The van der Waals surface area contributed by atoms with E-state index in [0.29, 0.717) is 0 Å². The van der Waals surface area contributed by atoms with Gasteiger partial charge in [-0.3, -0.25) is 33.7 Å². The normalized spacial score (nSPS) is 24.2. The first-order valence-electron chi connectivity index (χ1n) is 12.7. The standard InChI is InChI=1S/C19H27N3O8S.C8H9NO2/c1-3-8-22-17(27)14(9-19(22,2)30)31-10-12(13(23)5-7-16(25)26)21-15(24)6-4-11(20)18(28)29;1-3-6-9-7(10)4-5-8(9,2)11/h1,11-12,14,30H,4-10,20H2,2H3,(H,21,24)(H,25,26)(H,28,29);1,4-5,11H,6H2,2H3/t11-,12-,14?,19?;/m0./s1. The summed E-state index contributed by atoms with van der Waals surface area (Å²) in [6, 6.07) is -2.32. The molecule has 0 saturated carbocycles. The van der Waals surface area contributed by atoms with Crippen LogP contribution in [-0.2, 0) is 28.8 Å². The number of amides is 3. The molecule has 1 fully saturated rings. The van der Waals surface area contributed by atoms with Crippen molar-refractivity contribution in [2.45, 2.75) is 74.7 Å². The van der Waals surface area contributed by atoms with Crippen LogP contribution in [0.4, 0.5) is 0 Å². The van der Waals surface area contributed by atoms with Gasteiger partial charge >= 0.3 is 11.9 Å². The molecule has 0 spiro atoms. The summed E-state index contributed by atoms with van der Waals surface area (Å²) in [5.74, 6) is 0.325. The van der Waals surface area contributed by atoms with Crippen LogP contribution in [0.2, 0.25) is 0 Å². The summed E-state index contributed by atoms with van der Waals surface area (Å²) in [6.45, 7) is 3.03. The van der Waals surface area contributed by atoms with Crippen LogP contribution in [-0.4, -0.2) is 113 Å². The average Bonchev–Trinajstić information content (AvgIpc) is 3.29. The van der Waals surface area contributed by atoms with Gasteiger partial charge < -0.3 is 36.4 Å². The van der Waals surface area contributed by atoms with Crippen molar-refractivity contribution < 1.29 is 49.2 Å². The van der Waals surface area contributed by atoms with Gasteiger partial charge in [0.25, 0.3) is 0 Å². The van der Waals surface area contributed by atoms with Gasteiger partial charge in [-0.05, 0) is 26.3 Å². The Bertz CT molecular complexity index is 1170. The number of terminal acetylenes is 2. The first-order chi connectivity index (χ1) is 19.5. The number of aliphatic carboxylic acids is 2. The molecular weight excluding hydrogens is 572 g/mol. The number of hydrogen-bond donors (Lipinski definition) is 6. The Morgan fingerprint density at radius 3 is 2.19 bits per heavy atom. The van der Waals surface area contributed by atoms with E-state index in [1.165, 1.54) is 30.9 Å². The lowest BCUT2D eigenvalue weighted by Gasteiger charge is -2.27. The minimum atomic E-state index is -1.44. The van der Waals surface area contributed by atoms with Crippen LogP contribution in [0.3, 0.4) is 0 Å². The van der Waals surface area contributed by atoms with Crippen molar-refractivity contribution in [1.29, 1.82) is 0 Å². The average molecular weight is 609 g/mol. The van der Waals surface area contributed by atoms with Gasteiger partial charge in [-0.15, -0.1) is 24.6 Å². The zero-order valence-corrected chi connectivity index (χ0v) is 24.1. The van der Waals surface area contributed by atoms with Crippen molar-refractivity contribution >= 4 is 47.2 Å². The summed E-state index contributed by atoms with van der Waals surface area (Å²) < 4.78 is 0. The molecule has 0 aliphatic carbocycles. The predicted octanol–water partition coefficient (Wildman–Crippen LogP) is -1.50. The van der Waals surface area contributed by atoms with Gasteiger partial charge in [0.2, 0.25) is 17.7 Å². The van der Waals surface area contributed by atoms with E-state index in [9.17, 15) is 39.0 Å². The predicted molar refractivity (Wildman–Crippen MR) is 151 cm³/mol. The number of rotatable bonds is 14. The van der Waals surface area contributed by atoms with E-state index in [1.807, 2.05) is 0 Å². The molecule has 2 heterocycles. The molecule has 0 bridgehead atoms. The molecule has 3 unspecified atom stereocenters. The molecular formula is C27H36N4O10S. The second kappa shape index (κ2) is 15.9. The molecule has 0 aromatic carbocycles. The van der Waals surface area contributed by atoms with E-state index in [2.05, 4.69) is 17.2 Å². The van der Waals surface area contributed by atoms with Crippen molar-refractivity contribution in [3.63, 3.8) is 0 Å². The van der Waals surface area contributed by atoms with E-state index in [0.717, 1.165) is 16.7 Å². The third-order valence-corrected chi connectivity index (χ3v) is 7.62. The van der Waals surface area contributed by atoms with Crippen molar-refractivity contribution in [3.05, 3.63) is 12.2 Å². The van der Waals surface area contributed by atoms with Crippen LogP contribution in [0.1, 0.15) is 46.0 Å². The van der Waals surface area contributed by atoms with Gasteiger partial charge in [0.05, 0.1) is 30.8 Å². The Kier molecular flexibility index (Phi) is 13.7. The highest BCUT2D eigenvalue weighted by Crippen LogP contribution is 2.34. The van der Waals surface area contributed by atoms with Crippen LogP contribution in [0.5, 0.6) is 0 Å². The molecule has 3 amide bonds. The fraction of sp³-hybridized carbons (Fsp3) is 0.556. The highest BCUT2D eigenvalue weighted by atomic mass is 32.2. The Morgan fingerprint density at radius 2 is 1.69 bits per heavy atom. The maximum absolute atomic E-state index is 12.5. The second-order valence-corrected chi connectivity index (χ2v) is 11.1. The quantitative estimate of drug-likeness (QED) is 0.124. The van der Waals surface area contributed by atoms with Crippen LogP contribution in [0.15, 0.2) is 12.2 Å². The Balaban J connectivity index is 0.000000666. The van der Waals surface area contributed by atoms with E-state index in [1.54, 1.807) is 0 Å². The molecule has 230 valence electrons. The Morgan fingerprint density at radius 1 is 1.10 bits per heavy atom. The summed E-state index contributed by atoms with van der Waals surface area (Å²) in [5, 5.41) is 39.2. The fourth-order valence-electron chi connectivity index (χ4n) is 3.90. The number of thioether (sulfide) groups is 1. The third kappa shape index (κ3) is 10.8. The summed E-state index contributed by atoms with van der Waals surface area (Å²) in [7, 11) is 0. The number of carboxylic acids is 2. The lowest BCUT2D eigenvalue weighted by atomic mass is 10.1. The molecule has 1 saturated heterocycles. The van der Waals surface area contributed by atoms with E-state index < -0.39 is 64.7 Å². The van der Waals surface area contributed by atoms with Crippen molar-refractivity contribution in [3.8, 4) is 24.7 Å². The number of hydrogen-bond acceptors (Lipinski definition) is 10. The maximum Gasteiger partial charge on any atom is 0.320 e. The largest absolute Gasteiger partial charge is 0.481 e. The highest BCUT2D eigenvalue weighted by molar-refractivity contribution is 8.00. The zero-order chi connectivity index (χ0) is 32.3. The van der Waals surface area contributed by atoms with E-state index in [-0.39, 0.29) is 50.4 Å². The van der Waals surface area contributed by atoms with Gasteiger partial charge in [0.15, 0.2) is 11.5 Å².